The third kappa shape index (κ3) is 10.7. The lowest BCUT2D eigenvalue weighted by Crippen LogP contribution is -2.50. The molecule has 244 valence electrons. The number of cyclic esters (lactones) is 1. The number of ether oxygens (including phenoxy) is 3. The molecule has 0 aliphatic carbocycles. The van der Waals surface area contributed by atoms with Gasteiger partial charge in [0.15, 0.2) is 6.10 Å². The Bertz CT molecular complexity index is 1000. The summed E-state index contributed by atoms with van der Waals surface area (Å²) in [5.74, 6) is -0.438. The van der Waals surface area contributed by atoms with E-state index in [4.69, 9.17) is 14.2 Å². The highest BCUT2D eigenvalue weighted by molar-refractivity contribution is 5.70. The first kappa shape index (κ1) is 35.2. The van der Waals surface area contributed by atoms with E-state index in [-0.39, 0.29) is 55.3 Å². The van der Waals surface area contributed by atoms with Crippen LogP contribution >= 0.6 is 0 Å². The van der Waals surface area contributed by atoms with Gasteiger partial charge in [0, 0.05) is 38.0 Å². The van der Waals surface area contributed by atoms with Crippen molar-refractivity contribution in [2.75, 3.05) is 26.2 Å². The molecule has 0 spiro atoms. The number of epoxide rings is 1. The zero-order valence-corrected chi connectivity index (χ0v) is 26.8. The minimum Gasteiger partial charge on any atom is -0.457 e. The van der Waals surface area contributed by atoms with Crippen LogP contribution in [-0.2, 0) is 19.0 Å². The van der Waals surface area contributed by atoms with Crippen LogP contribution in [0.5, 0.6) is 0 Å². The Balaban J connectivity index is 1.71. The van der Waals surface area contributed by atoms with E-state index in [1.165, 1.54) is 0 Å². The van der Waals surface area contributed by atoms with Gasteiger partial charge in [-0.25, -0.2) is 4.79 Å². The minimum atomic E-state index is -1.44. The summed E-state index contributed by atoms with van der Waals surface area (Å²) in [6, 6.07) is 0. The van der Waals surface area contributed by atoms with E-state index in [0.717, 1.165) is 12.0 Å². The highest BCUT2D eigenvalue weighted by atomic mass is 16.6. The fraction of sp³-hybridized carbons (Fsp3) is 0.758. The topological polar surface area (TPSA) is 141 Å². The molecule has 3 heterocycles. The van der Waals surface area contributed by atoms with Crippen LogP contribution in [0.4, 0.5) is 4.79 Å². The molecule has 2 fully saturated rings. The molecular weight excluding hydrogens is 552 g/mol. The average molecular weight is 607 g/mol. The molecule has 10 atom stereocenters. The predicted octanol–water partition coefficient (Wildman–Crippen LogP) is 3.50. The van der Waals surface area contributed by atoms with Crippen LogP contribution in [0.2, 0.25) is 0 Å². The standard InChI is InChI=1S/C33H54N2O8/c1-7-26(37)24(5)31-27(41-31)19-21(2)9-8-10-22(3)30-23(4)11-12-28(42-32(39)35-17-15-34-16-18-35)33(6,40)14-13-25(36)20-29(38)43-30/h8-12,21,23-28,30-31,34,36-37,40H,7,13-20H2,1-6H3/b9-8+,12-11-,22-10+. The van der Waals surface area contributed by atoms with Crippen molar-refractivity contribution in [3.8, 4) is 0 Å². The monoisotopic (exact) mass is 606 g/mol. The number of amides is 1. The molecule has 10 heteroatoms. The van der Waals surface area contributed by atoms with Gasteiger partial charge in [-0.2, -0.15) is 0 Å². The summed E-state index contributed by atoms with van der Waals surface area (Å²) < 4.78 is 17.5. The second-order valence-corrected chi connectivity index (χ2v) is 12.9. The Hall–Kier alpha value is -2.24. The van der Waals surface area contributed by atoms with Crippen LogP contribution < -0.4 is 5.32 Å². The van der Waals surface area contributed by atoms with Crippen LogP contribution in [0.15, 0.2) is 36.0 Å². The molecule has 10 nitrogen and oxygen atoms in total. The summed E-state index contributed by atoms with van der Waals surface area (Å²) in [5, 5.41) is 35.1. The number of allylic oxidation sites excluding steroid dienone is 3. The zero-order valence-electron chi connectivity index (χ0n) is 26.8. The summed E-state index contributed by atoms with van der Waals surface area (Å²) in [7, 11) is 0. The quantitative estimate of drug-likeness (QED) is 0.134. The Kier molecular flexibility index (Phi) is 13.3. The van der Waals surface area contributed by atoms with Crippen LogP contribution in [0.3, 0.4) is 0 Å². The van der Waals surface area contributed by atoms with Crippen molar-refractivity contribution in [2.45, 2.75) is 116 Å². The van der Waals surface area contributed by atoms with Gasteiger partial charge in [-0.15, -0.1) is 0 Å². The molecule has 2 saturated heterocycles. The van der Waals surface area contributed by atoms with Gasteiger partial charge >= 0.3 is 12.1 Å². The number of piperazine rings is 1. The second-order valence-electron chi connectivity index (χ2n) is 12.9. The smallest absolute Gasteiger partial charge is 0.410 e. The number of nitrogens with zero attached hydrogens (tertiary/aromatic N) is 1. The van der Waals surface area contributed by atoms with E-state index in [9.17, 15) is 24.9 Å². The molecule has 0 saturated carbocycles. The Morgan fingerprint density at radius 2 is 1.98 bits per heavy atom. The Morgan fingerprint density at radius 1 is 1.28 bits per heavy atom. The Morgan fingerprint density at radius 3 is 2.65 bits per heavy atom. The van der Waals surface area contributed by atoms with Gasteiger partial charge < -0.3 is 39.7 Å². The predicted molar refractivity (Wildman–Crippen MR) is 164 cm³/mol. The first-order chi connectivity index (χ1) is 20.3. The molecule has 1 amide bonds. The van der Waals surface area contributed by atoms with E-state index in [0.29, 0.717) is 32.6 Å². The maximum absolute atomic E-state index is 12.9. The molecule has 0 aromatic rings. The van der Waals surface area contributed by atoms with Crippen LogP contribution in [0.25, 0.3) is 0 Å². The van der Waals surface area contributed by atoms with Crippen molar-refractivity contribution in [3.05, 3.63) is 36.0 Å². The highest BCUT2D eigenvalue weighted by Crippen LogP contribution is 2.36. The van der Waals surface area contributed by atoms with Crippen molar-refractivity contribution in [1.82, 2.24) is 10.2 Å². The number of aliphatic hydroxyl groups is 3. The molecule has 0 bridgehead atoms. The minimum absolute atomic E-state index is 0.0995. The summed E-state index contributed by atoms with van der Waals surface area (Å²) in [4.78, 5) is 27.3. The summed E-state index contributed by atoms with van der Waals surface area (Å²) in [6.07, 6.45) is 7.98. The molecule has 43 heavy (non-hydrogen) atoms. The Labute approximate surface area is 257 Å². The molecule has 0 aromatic heterocycles. The molecule has 3 aliphatic heterocycles. The van der Waals surface area contributed by atoms with E-state index in [1.807, 2.05) is 45.9 Å². The molecule has 0 radical (unpaired) electrons. The van der Waals surface area contributed by atoms with E-state index in [1.54, 1.807) is 17.9 Å². The highest BCUT2D eigenvalue weighted by Gasteiger charge is 2.45. The molecule has 3 aliphatic rings. The van der Waals surface area contributed by atoms with Gasteiger partial charge in [0.1, 0.15) is 11.7 Å². The third-order valence-electron chi connectivity index (χ3n) is 8.94. The summed E-state index contributed by atoms with van der Waals surface area (Å²) in [5.41, 5.74) is -0.623. The lowest BCUT2D eigenvalue weighted by atomic mass is 9.88. The van der Waals surface area contributed by atoms with Gasteiger partial charge in [-0.1, -0.05) is 52.0 Å². The van der Waals surface area contributed by atoms with E-state index >= 15 is 0 Å². The summed E-state index contributed by atoms with van der Waals surface area (Å²) in [6.45, 7) is 13.9. The maximum atomic E-state index is 12.9. The van der Waals surface area contributed by atoms with Gasteiger partial charge in [0.2, 0.25) is 0 Å². The van der Waals surface area contributed by atoms with Crippen molar-refractivity contribution in [3.63, 3.8) is 0 Å². The van der Waals surface area contributed by atoms with Gasteiger partial charge in [0.25, 0.3) is 0 Å². The van der Waals surface area contributed by atoms with Gasteiger partial charge in [0.05, 0.1) is 30.8 Å². The number of carbonyl (C=O) groups excluding carboxylic acids is 2. The first-order valence-corrected chi connectivity index (χ1v) is 15.9. The second kappa shape index (κ2) is 16.2. The fourth-order valence-corrected chi connectivity index (χ4v) is 5.82. The lowest BCUT2D eigenvalue weighted by Gasteiger charge is -2.35. The first-order valence-electron chi connectivity index (χ1n) is 15.9. The maximum Gasteiger partial charge on any atom is 0.410 e. The van der Waals surface area contributed by atoms with Crippen molar-refractivity contribution >= 4 is 12.1 Å². The lowest BCUT2D eigenvalue weighted by molar-refractivity contribution is -0.151. The molecule has 0 aromatic carbocycles. The number of nitrogens with one attached hydrogen (secondary N) is 1. The van der Waals surface area contributed by atoms with Crippen LogP contribution in [-0.4, -0.2) is 101 Å². The number of esters is 1. The van der Waals surface area contributed by atoms with Crippen molar-refractivity contribution in [1.29, 1.82) is 0 Å². The number of rotatable bonds is 9. The zero-order chi connectivity index (χ0) is 31.7. The van der Waals surface area contributed by atoms with Crippen molar-refractivity contribution in [2.24, 2.45) is 17.8 Å². The normalized spacial score (nSPS) is 35.7. The number of carbonyl (C=O) groups is 2. The van der Waals surface area contributed by atoms with E-state index < -0.39 is 36.0 Å². The van der Waals surface area contributed by atoms with Gasteiger partial charge in [-0.3, -0.25) is 4.79 Å². The van der Waals surface area contributed by atoms with E-state index in [2.05, 4.69) is 18.3 Å². The van der Waals surface area contributed by atoms with Crippen LogP contribution in [0, 0.1) is 17.8 Å². The van der Waals surface area contributed by atoms with Crippen molar-refractivity contribution < 1.29 is 39.1 Å². The fourth-order valence-electron chi connectivity index (χ4n) is 5.82. The number of aliphatic hydroxyl groups excluding tert-OH is 2. The summed E-state index contributed by atoms with van der Waals surface area (Å²) >= 11 is 0. The molecule has 10 unspecified atom stereocenters. The largest absolute Gasteiger partial charge is 0.457 e. The SMILES string of the molecule is CCC(O)C(C)C1OC1CC(C)/C=C/C=C(\C)C1OC(=O)CC(O)CCC(C)(O)C(OC(=O)N2CCNCC2)/C=C\C1C. The molecule has 4 N–H and O–H groups in total. The van der Waals surface area contributed by atoms with Crippen LogP contribution in [0.1, 0.15) is 73.6 Å². The third-order valence-corrected chi connectivity index (χ3v) is 8.94. The van der Waals surface area contributed by atoms with Gasteiger partial charge in [-0.05, 0) is 57.1 Å². The number of hydrogen-bond donors (Lipinski definition) is 4. The molecule has 3 rings (SSSR count). The average Bonchev–Trinajstić information content (AvgIpc) is 3.74. The molecular formula is C33H54N2O8. The number of hydrogen-bond acceptors (Lipinski definition) is 9.